The molecule has 0 bridgehead atoms. The molecular weight excluding hydrogens is 234 g/mol. The Morgan fingerprint density at radius 3 is 2.63 bits per heavy atom. The standard InChI is InChI=1S/C16H23N3/c1-11-9-14-15(10-12(11)2)19(8-4-3-7-17)16(18-14)13-5-6-13/h9-10,13H,3-8,17H2,1-2H3. The third-order valence-electron chi connectivity index (χ3n) is 4.17. The van der Waals surface area contributed by atoms with Crippen LogP contribution in [0.4, 0.5) is 0 Å². The summed E-state index contributed by atoms with van der Waals surface area (Å²) in [6.07, 6.45) is 4.85. The minimum atomic E-state index is 0.700. The molecule has 0 radical (unpaired) electrons. The van der Waals surface area contributed by atoms with Crippen LogP contribution in [0, 0.1) is 13.8 Å². The van der Waals surface area contributed by atoms with Crippen LogP contribution in [0.1, 0.15) is 48.6 Å². The van der Waals surface area contributed by atoms with E-state index in [1.165, 1.54) is 35.3 Å². The Labute approximate surface area is 114 Å². The largest absolute Gasteiger partial charge is 0.330 e. The van der Waals surface area contributed by atoms with Gasteiger partial charge in [0.15, 0.2) is 0 Å². The summed E-state index contributed by atoms with van der Waals surface area (Å²) in [5.41, 5.74) is 10.8. The molecule has 3 rings (SSSR count). The number of benzene rings is 1. The molecule has 2 N–H and O–H groups in total. The number of aryl methyl sites for hydroxylation is 3. The first-order chi connectivity index (χ1) is 9.20. The van der Waals surface area contributed by atoms with Crippen LogP contribution in [-0.4, -0.2) is 16.1 Å². The molecule has 0 spiro atoms. The number of aromatic nitrogens is 2. The molecule has 1 saturated carbocycles. The predicted octanol–water partition coefficient (Wildman–Crippen LogP) is 3.27. The van der Waals surface area contributed by atoms with Crippen molar-refractivity contribution in [2.24, 2.45) is 5.73 Å². The average molecular weight is 257 g/mol. The van der Waals surface area contributed by atoms with Crippen molar-refractivity contribution in [2.45, 2.75) is 52.0 Å². The van der Waals surface area contributed by atoms with Gasteiger partial charge in [-0.05, 0) is 69.3 Å². The van der Waals surface area contributed by atoms with Gasteiger partial charge < -0.3 is 10.3 Å². The molecule has 1 fully saturated rings. The maximum absolute atomic E-state index is 5.61. The van der Waals surface area contributed by atoms with E-state index in [9.17, 15) is 0 Å². The van der Waals surface area contributed by atoms with Crippen LogP contribution in [0.25, 0.3) is 11.0 Å². The predicted molar refractivity (Wildman–Crippen MR) is 79.5 cm³/mol. The smallest absolute Gasteiger partial charge is 0.112 e. The Hall–Kier alpha value is -1.35. The van der Waals surface area contributed by atoms with Gasteiger partial charge in [-0.15, -0.1) is 0 Å². The highest BCUT2D eigenvalue weighted by Gasteiger charge is 2.29. The van der Waals surface area contributed by atoms with Crippen LogP contribution in [0.5, 0.6) is 0 Å². The minimum Gasteiger partial charge on any atom is -0.330 e. The number of unbranched alkanes of at least 4 members (excludes halogenated alkanes) is 1. The minimum absolute atomic E-state index is 0.700. The van der Waals surface area contributed by atoms with Crippen molar-refractivity contribution in [3.8, 4) is 0 Å². The van der Waals surface area contributed by atoms with E-state index in [2.05, 4.69) is 30.5 Å². The summed E-state index contributed by atoms with van der Waals surface area (Å²) in [6.45, 7) is 6.19. The molecule has 0 amide bonds. The van der Waals surface area contributed by atoms with Crippen molar-refractivity contribution in [2.75, 3.05) is 6.54 Å². The maximum Gasteiger partial charge on any atom is 0.112 e. The Bertz CT molecular complexity index is 594. The summed E-state index contributed by atoms with van der Waals surface area (Å²) in [7, 11) is 0. The third kappa shape index (κ3) is 2.39. The first kappa shape index (κ1) is 12.7. The molecular formula is C16H23N3. The average Bonchev–Trinajstić information content (AvgIpc) is 3.17. The van der Waals surface area contributed by atoms with Gasteiger partial charge in [0, 0.05) is 12.5 Å². The SMILES string of the molecule is Cc1cc2nc(C3CC3)n(CCCCN)c2cc1C. The van der Waals surface area contributed by atoms with Gasteiger partial charge in [-0.25, -0.2) is 4.98 Å². The van der Waals surface area contributed by atoms with Gasteiger partial charge in [0.05, 0.1) is 11.0 Å². The zero-order chi connectivity index (χ0) is 13.4. The number of rotatable bonds is 5. The maximum atomic E-state index is 5.61. The van der Waals surface area contributed by atoms with Gasteiger partial charge in [0.25, 0.3) is 0 Å². The lowest BCUT2D eigenvalue weighted by molar-refractivity contribution is 0.603. The summed E-state index contributed by atoms with van der Waals surface area (Å²) in [5, 5.41) is 0. The van der Waals surface area contributed by atoms with E-state index in [1.807, 2.05) is 0 Å². The Morgan fingerprint density at radius 2 is 1.95 bits per heavy atom. The van der Waals surface area contributed by atoms with Gasteiger partial charge in [0.1, 0.15) is 5.82 Å². The van der Waals surface area contributed by atoms with Gasteiger partial charge >= 0.3 is 0 Å². The van der Waals surface area contributed by atoms with Crippen LogP contribution in [0.15, 0.2) is 12.1 Å². The van der Waals surface area contributed by atoms with Crippen LogP contribution in [-0.2, 0) is 6.54 Å². The molecule has 102 valence electrons. The van der Waals surface area contributed by atoms with Crippen molar-refractivity contribution in [1.29, 1.82) is 0 Å². The van der Waals surface area contributed by atoms with Crippen molar-refractivity contribution in [1.82, 2.24) is 9.55 Å². The van der Waals surface area contributed by atoms with Crippen LogP contribution < -0.4 is 5.73 Å². The number of imidazole rings is 1. The lowest BCUT2D eigenvalue weighted by atomic mass is 10.1. The molecule has 1 heterocycles. The fraction of sp³-hybridized carbons (Fsp3) is 0.562. The van der Waals surface area contributed by atoms with Crippen molar-refractivity contribution < 1.29 is 0 Å². The number of hydrogen-bond donors (Lipinski definition) is 1. The van der Waals surface area contributed by atoms with Gasteiger partial charge in [-0.3, -0.25) is 0 Å². The second-order valence-corrected chi connectivity index (χ2v) is 5.82. The van der Waals surface area contributed by atoms with Crippen molar-refractivity contribution in [3.63, 3.8) is 0 Å². The topological polar surface area (TPSA) is 43.8 Å². The fourth-order valence-corrected chi connectivity index (χ4v) is 2.70. The lowest BCUT2D eigenvalue weighted by Gasteiger charge is -2.09. The third-order valence-corrected chi connectivity index (χ3v) is 4.17. The van der Waals surface area contributed by atoms with Gasteiger partial charge in [0.2, 0.25) is 0 Å². The zero-order valence-electron chi connectivity index (χ0n) is 11.9. The summed E-state index contributed by atoms with van der Waals surface area (Å²) in [4.78, 5) is 4.89. The molecule has 19 heavy (non-hydrogen) atoms. The quantitative estimate of drug-likeness (QED) is 0.835. The first-order valence-electron chi connectivity index (χ1n) is 7.38. The first-order valence-corrected chi connectivity index (χ1v) is 7.38. The number of nitrogens with zero attached hydrogens (tertiary/aromatic N) is 2. The molecule has 0 aliphatic heterocycles. The van der Waals surface area contributed by atoms with E-state index in [0.29, 0.717) is 5.92 Å². The molecule has 0 unspecified atom stereocenters. The van der Waals surface area contributed by atoms with E-state index in [1.54, 1.807) is 0 Å². The summed E-state index contributed by atoms with van der Waals surface area (Å²) in [6, 6.07) is 4.53. The monoisotopic (exact) mass is 257 g/mol. The number of hydrogen-bond acceptors (Lipinski definition) is 2. The van der Waals surface area contributed by atoms with Crippen LogP contribution >= 0.6 is 0 Å². The Balaban J connectivity index is 2.03. The van der Waals surface area contributed by atoms with E-state index in [0.717, 1.165) is 31.4 Å². The highest BCUT2D eigenvalue weighted by molar-refractivity contribution is 5.78. The van der Waals surface area contributed by atoms with E-state index in [4.69, 9.17) is 10.7 Å². The van der Waals surface area contributed by atoms with Crippen molar-refractivity contribution >= 4 is 11.0 Å². The Kier molecular flexibility index (Phi) is 3.31. The van der Waals surface area contributed by atoms with E-state index < -0.39 is 0 Å². The fourth-order valence-electron chi connectivity index (χ4n) is 2.70. The van der Waals surface area contributed by atoms with E-state index >= 15 is 0 Å². The van der Waals surface area contributed by atoms with E-state index in [-0.39, 0.29) is 0 Å². The Morgan fingerprint density at radius 1 is 1.21 bits per heavy atom. The summed E-state index contributed by atoms with van der Waals surface area (Å²) >= 11 is 0. The molecule has 1 aliphatic rings. The second-order valence-electron chi connectivity index (χ2n) is 5.82. The molecule has 0 saturated heterocycles. The molecule has 3 heteroatoms. The van der Waals surface area contributed by atoms with Crippen LogP contribution in [0.2, 0.25) is 0 Å². The molecule has 1 aliphatic carbocycles. The highest BCUT2D eigenvalue weighted by atomic mass is 15.1. The van der Waals surface area contributed by atoms with Crippen LogP contribution in [0.3, 0.4) is 0 Å². The highest BCUT2D eigenvalue weighted by Crippen LogP contribution is 2.41. The number of fused-ring (bicyclic) bond motifs is 1. The van der Waals surface area contributed by atoms with Gasteiger partial charge in [-0.2, -0.15) is 0 Å². The molecule has 0 atom stereocenters. The molecule has 1 aromatic carbocycles. The molecule has 2 aromatic rings. The molecule has 3 nitrogen and oxygen atoms in total. The molecule has 1 aromatic heterocycles. The zero-order valence-corrected chi connectivity index (χ0v) is 11.9. The normalized spacial score (nSPS) is 15.3. The second kappa shape index (κ2) is 4.97. The lowest BCUT2D eigenvalue weighted by Crippen LogP contribution is -2.06. The van der Waals surface area contributed by atoms with Gasteiger partial charge in [-0.1, -0.05) is 0 Å². The summed E-state index contributed by atoms with van der Waals surface area (Å²) in [5.74, 6) is 2.00. The number of nitrogens with two attached hydrogens (primary N) is 1. The van der Waals surface area contributed by atoms with Crippen molar-refractivity contribution in [3.05, 3.63) is 29.1 Å². The summed E-state index contributed by atoms with van der Waals surface area (Å²) < 4.78 is 2.44.